The molecule has 0 bridgehead atoms. The van der Waals surface area contributed by atoms with Crippen LogP contribution in [0.25, 0.3) is 5.69 Å². The first-order valence-corrected chi connectivity index (χ1v) is 9.98. The highest BCUT2D eigenvalue weighted by Crippen LogP contribution is 2.44. The summed E-state index contributed by atoms with van der Waals surface area (Å²) in [5.41, 5.74) is 5.10. The van der Waals surface area contributed by atoms with E-state index >= 15 is 0 Å². The molecule has 1 saturated carbocycles. The van der Waals surface area contributed by atoms with Crippen LogP contribution in [0.3, 0.4) is 0 Å². The second-order valence-electron chi connectivity index (χ2n) is 8.18. The number of fused-ring (bicyclic) bond motifs is 1. The second kappa shape index (κ2) is 7.38. The van der Waals surface area contributed by atoms with E-state index in [0.29, 0.717) is 12.1 Å². The van der Waals surface area contributed by atoms with Crippen molar-refractivity contribution < 1.29 is 9.47 Å². The molecule has 0 amide bonds. The molecule has 2 aliphatic rings. The fourth-order valence-electron chi connectivity index (χ4n) is 5.28. The van der Waals surface area contributed by atoms with Crippen molar-refractivity contribution in [3.05, 3.63) is 47.3 Å². The van der Waals surface area contributed by atoms with Crippen LogP contribution in [-0.2, 0) is 16.0 Å². The van der Waals surface area contributed by atoms with Crippen LogP contribution in [0.4, 0.5) is 0 Å². The molecule has 27 heavy (non-hydrogen) atoms. The van der Waals surface area contributed by atoms with Gasteiger partial charge in [0.1, 0.15) is 0 Å². The predicted octanol–water partition coefficient (Wildman–Crippen LogP) is 3.65. The number of benzene rings is 1. The lowest BCUT2D eigenvalue weighted by Crippen LogP contribution is -2.51. The Hall–Kier alpha value is -1.69. The Morgan fingerprint density at radius 1 is 1.22 bits per heavy atom. The molecule has 2 fully saturated rings. The summed E-state index contributed by atoms with van der Waals surface area (Å²) in [6, 6.07) is 6.95. The van der Waals surface area contributed by atoms with E-state index in [1.165, 1.54) is 22.4 Å². The SMILES string of the molecule is CO[C@@H]1CC[C@@]2(OC)CCN(Cc3cc(C)cc(C)c3-n3cccn3)[C@H]2C1. The zero-order valence-electron chi connectivity index (χ0n) is 16.9. The van der Waals surface area contributed by atoms with Gasteiger partial charge in [-0.25, -0.2) is 4.68 Å². The summed E-state index contributed by atoms with van der Waals surface area (Å²) < 4.78 is 13.8. The monoisotopic (exact) mass is 369 g/mol. The Bertz CT molecular complexity index is 789. The number of aromatic nitrogens is 2. The first-order chi connectivity index (χ1) is 13.1. The quantitative estimate of drug-likeness (QED) is 0.807. The van der Waals surface area contributed by atoms with Crippen molar-refractivity contribution in [3.8, 4) is 5.69 Å². The zero-order valence-corrected chi connectivity index (χ0v) is 16.9. The van der Waals surface area contributed by atoms with Gasteiger partial charge in [-0.3, -0.25) is 4.90 Å². The van der Waals surface area contributed by atoms with Crippen LogP contribution in [0.1, 0.15) is 42.4 Å². The van der Waals surface area contributed by atoms with E-state index in [4.69, 9.17) is 9.47 Å². The van der Waals surface area contributed by atoms with E-state index in [2.05, 4.69) is 36.0 Å². The van der Waals surface area contributed by atoms with Crippen molar-refractivity contribution in [1.82, 2.24) is 14.7 Å². The van der Waals surface area contributed by atoms with E-state index < -0.39 is 0 Å². The molecule has 2 heterocycles. The van der Waals surface area contributed by atoms with Crippen LogP contribution in [0, 0.1) is 13.8 Å². The lowest BCUT2D eigenvalue weighted by molar-refractivity contribution is -0.0947. The van der Waals surface area contributed by atoms with E-state index in [1.807, 2.05) is 37.4 Å². The summed E-state index contributed by atoms with van der Waals surface area (Å²) in [7, 11) is 3.72. The van der Waals surface area contributed by atoms with Crippen LogP contribution in [0.2, 0.25) is 0 Å². The summed E-state index contributed by atoms with van der Waals surface area (Å²) >= 11 is 0. The van der Waals surface area contributed by atoms with Crippen molar-refractivity contribution >= 4 is 0 Å². The summed E-state index contributed by atoms with van der Waals surface area (Å²) in [6.07, 6.45) is 8.55. The molecule has 3 atom stereocenters. The van der Waals surface area contributed by atoms with Gasteiger partial charge in [-0.1, -0.05) is 17.7 Å². The highest BCUT2D eigenvalue weighted by molar-refractivity contribution is 5.49. The zero-order chi connectivity index (χ0) is 19.0. The largest absolute Gasteiger partial charge is 0.381 e. The van der Waals surface area contributed by atoms with Crippen molar-refractivity contribution in [2.45, 2.75) is 63.8 Å². The molecule has 146 valence electrons. The van der Waals surface area contributed by atoms with E-state index in [9.17, 15) is 0 Å². The maximum atomic E-state index is 6.10. The van der Waals surface area contributed by atoms with E-state index in [0.717, 1.165) is 38.8 Å². The van der Waals surface area contributed by atoms with Gasteiger partial charge in [0.25, 0.3) is 0 Å². The highest BCUT2D eigenvalue weighted by Gasteiger charge is 2.51. The van der Waals surface area contributed by atoms with Gasteiger partial charge in [0.2, 0.25) is 0 Å². The van der Waals surface area contributed by atoms with Crippen LogP contribution in [0.15, 0.2) is 30.6 Å². The summed E-state index contributed by atoms with van der Waals surface area (Å²) in [5, 5.41) is 4.50. The molecule has 4 rings (SSSR count). The van der Waals surface area contributed by atoms with Crippen LogP contribution >= 0.6 is 0 Å². The lowest BCUT2D eigenvalue weighted by atomic mass is 9.79. The number of ether oxygens (including phenoxy) is 2. The number of hydrogen-bond acceptors (Lipinski definition) is 4. The average molecular weight is 370 g/mol. The molecule has 5 nitrogen and oxygen atoms in total. The predicted molar refractivity (Wildman–Crippen MR) is 106 cm³/mol. The second-order valence-corrected chi connectivity index (χ2v) is 8.18. The molecular weight excluding hydrogens is 338 g/mol. The Morgan fingerprint density at radius 3 is 2.78 bits per heavy atom. The Labute approximate surface area is 162 Å². The molecule has 2 aromatic rings. The molecule has 1 aromatic heterocycles. The van der Waals surface area contributed by atoms with Crippen LogP contribution < -0.4 is 0 Å². The summed E-state index contributed by atoms with van der Waals surface area (Å²) in [4.78, 5) is 2.61. The van der Waals surface area contributed by atoms with Gasteiger partial charge in [0, 0.05) is 45.7 Å². The Morgan fingerprint density at radius 2 is 2.07 bits per heavy atom. The van der Waals surface area contributed by atoms with Crippen molar-refractivity contribution in [2.24, 2.45) is 0 Å². The van der Waals surface area contributed by atoms with Gasteiger partial charge in [0.15, 0.2) is 0 Å². The summed E-state index contributed by atoms with van der Waals surface area (Å²) in [6.45, 7) is 6.34. The minimum Gasteiger partial charge on any atom is -0.381 e. The minimum atomic E-state index is -0.0141. The fourth-order valence-corrected chi connectivity index (χ4v) is 5.28. The fraction of sp³-hybridized carbons (Fsp3) is 0.591. The number of aryl methyl sites for hydroxylation is 2. The van der Waals surface area contributed by atoms with E-state index in [-0.39, 0.29) is 5.60 Å². The normalized spacial score (nSPS) is 28.4. The number of rotatable bonds is 5. The first-order valence-electron chi connectivity index (χ1n) is 9.98. The number of nitrogens with zero attached hydrogens (tertiary/aromatic N) is 3. The molecule has 0 unspecified atom stereocenters. The van der Waals surface area contributed by atoms with Crippen LogP contribution in [0.5, 0.6) is 0 Å². The van der Waals surface area contributed by atoms with Gasteiger partial charge in [0.05, 0.1) is 17.4 Å². The van der Waals surface area contributed by atoms with Gasteiger partial charge < -0.3 is 9.47 Å². The van der Waals surface area contributed by atoms with Crippen molar-refractivity contribution in [2.75, 3.05) is 20.8 Å². The number of likely N-dealkylation sites (tertiary alicyclic amines) is 1. The molecule has 1 aliphatic heterocycles. The van der Waals surface area contributed by atoms with Crippen molar-refractivity contribution in [1.29, 1.82) is 0 Å². The maximum absolute atomic E-state index is 6.10. The lowest BCUT2D eigenvalue weighted by Gasteiger charge is -2.43. The molecule has 0 radical (unpaired) electrons. The molecule has 0 N–H and O–H groups in total. The molecule has 1 saturated heterocycles. The van der Waals surface area contributed by atoms with Gasteiger partial charge in [-0.15, -0.1) is 0 Å². The third kappa shape index (κ3) is 3.33. The van der Waals surface area contributed by atoms with Crippen LogP contribution in [-0.4, -0.2) is 53.2 Å². The number of methoxy groups -OCH3 is 2. The minimum absolute atomic E-state index is 0.0141. The maximum Gasteiger partial charge on any atom is 0.0847 e. The third-order valence-corrected chi connectivity index (χ3v) is 6.62. The molecule has 0 spiro atoms. The average Bonchev–Trinajstić information content (AvgIpc) is 3.30. The van der Waals surface area contributed by atoms with Crippen molar-refractivity contribution in [3.63, 3.8) is 0 Å². The molecule has 1 aliphatic carbocycles. The molecular formula is C22H31N3O2. The Balaban J connectivity index is 1.66. The standard InChI is InChI=1S/C22H31N3O2/c1-16-12-17(2)21(25-10-5-9-23-25)18(13-16)15-24-11-8-22(27-4)7-6-19(26-3)14-20(22)24/h5,9-10,12-13,19-20H,6-8,11,14-15H2,1-4H3/t19-,20+,22-/m1/s1. The molecule has 5 heteroatoms. The molecule has 1 aromatic carbocycles. The topological polar surface area (TPSA) is 39.5 Å². The van der Waals surface area contributed by atoms with Gasteiger partial charge in [-0.2, -0.15) is 5.10 Å². The van der Waals surface area contributed by atoms with Gasteiger partial charge >= 0.3 is 0 Å². The summed E-state index contributed by atoms with van der Waals surface area (Å²) in [5.74, 6) is 0. The Kier molecular flexibility index (Phi) is 5.10. The number of hydrogen-bond donors (Lipinski definition) is 0. The first kappa shape index (κ1) is 18.7. The highest BCUT2D eigenvalue weighted by atomic mass is 16.5. The van der Waals surface area contributed by atoms with Gasteiger partial charge in [-0.05, 0) is 56.7 Å². The smallest absolute Gasteiger partial charge is 0.0847 e. The van der Waals surface area contributed by atoms with E-state index in [1.54, 1.807) is 0 Å². The third-order valence-electron chi connectivity index (χ3n) is 6.62.